The van der Waals surface area contributed by atoms with E-state index in [0.29, 0.717) is 17.9 Å². The van der Waals surface area contributed by atoms with Crippen molar-refractivity contribution in [3.63, 3.8) is 0 Å². The van der Waals surface area contributed by atoms with Crippen molar-refractivity contribution < 1.29 is 17.6 Å². The molecule has 140 valence electrons. The van der Waals surface area contributed by atoms with Crippen LogP contribution < -0.4 is 5.32 Å². The van der Waals surface area contributed by atoms with Gasteiger partial charge in [-0.25, -0.2) is 22.5 Å². The molecule has 2 aromatic heterocycles. The van der Waals surface area contributed by atoms with Crippen LogP contribution in [-0.4, -0.2) is 46.6 Å². The van der Waals surface area contributed by atoms with E-state index in [-0.39, 0.29) is 23.1 Å². The molecule has 7 nitrogen and oxygen atoms in total. The Labute approximate surface area is 158 Å². The first-order valence-electron chi connectivity index (χ1n) is 8.19. The van der Waals surface area contributed by atoms with Crippen molar-refractivity contribution in [3.05, 3.63) is 53.4 Å². The molecule has 1 aromatic carbocycles. The lowest BCUT2D eigenvalue weighted by molar-refractivity contribution is 0.0930. The van der Waals surface area contributed by atoms with Crippen molar-refractivity contribution in [2.75, 3.05) is 11.5 Å². The van der Waals surface area contributed by atoms with E-state index in [2.05, 4.69) is 15.4 Å². The molecule has 4 rings (SSSR count). The molecule has 1 unspecified atom stereocenters. The quantitative estimate of drug-likeness (QED) is 0.716. The molecule has 1 aliphatic heterocycles. The van der Waals surface area contributed by atoms with Crippen LogP contribution in [0.25, 0.3) is 16.4 Å². The number of aromatic nitrogens is 3. The molecule has 1 N–H and O–H groups in total. The Hall–Kier alpha value is -2.59. The first-order valence-corrected chi connectivity index (χ1v) is 10.9. The first-order chi connectivity index (χ1) is 12.9. The van der Waals surface area contributed by atoms with E-state index in [1.165, 1.54) is 28.2 Å². The number of rotatable bonds is 4. The lowest BCUT2D eigenvalue weighted by atomic mass is 10.2. The number of nitrogens with one attached hydrogen (secondary N) is 1. The summed E-state index contributed by atoms with van der Waals surface area (Å²) in [4.78, 5) is 17.7. The zero-order chi connectivity index (χ0) is 19.0. The minimum absolute atomic E-state index is 0.0629. The van der Waals surface area contributed by atoms with Gasteiger partial charge in [0.25, 0.3) is 5.91 Å². The number of nitrogens with zero attached hydrogens (tertiary/aromatic N) is 3. The van der Waals surface area contributed by atoms with E-state index >= 15 is 0 Å². The Kier molecular flexibility index (Phi) is 4.52. The molecule has 1 atom stereocenters. The van der Waals surface area contributed by atoms with Crippen molar-refractivity contribution in [2.24, 2.45) is 0 Å². The summed E-state index contributed by atoms with van der Waals surface area (Å²) in [6.07, 6.45) is 0.379. The topological polar surface area (TPSA) is 94.0 Å². The van der Waals surface area contributed by atoms with Gasteiger partial charge in [0, 0.05) is 6.04 Å². The maximum Gasteiger partial charge on any atom is 0.291 e. The summed E-state index contributed by atoms with van der Waals surface area (Å²) in [5.41, 5.74) is 0.565. The number of carbonyl (C=O) groups excluding carboxylic acids is 1. The number of hydrogen-bond acceptors (Lipinski definition) is 6. The summed E-state index contributed by atoms with van der Waals surface area (Å²) in [5.74, 6) is -0.522. The van der Waals surface area contributed by atoms with Crippen LogP contribution in [0.4, 0.5) is 4.39 Å². The number of carbonyl (C=O) groups is 1. The van der Waals surface area contributed by atoms with E-state index in [9.17, 15) is 17.6 Å². The molecular weight excluding hydrogens is 391 g/mol. The lowest BCUT2D eigenvalue weighted by Gasteiger charge is -2.08. The Morgan fingerprint density at radius 1 is 1.26 bits per heavy atom. The monoisotopic (exact) mass is 406 g/mol. The third-order valence-corrected chi connectivity index (χ3v) is 6.82. The zero-order valence-corrected chi connectivity index (χ0v) is 15.6. The number of hydrogen-bond donors (Lipinski definition) is 1. The molecule has 1 saturated heterocycles. The van der Waals surface area contributed by atoms with E-state index in [0.717, 1.165) is 4.88 Å². The average Bonchev–Trinajstić information content (AvgIpc) is 3.34. The summed E-state index contributed by atoms with van der Waals surface area (Å²) < 4.78 is 37.9. The first kappa shape index (κ1) is 17.8. The fraction of sp³-hybridized carbons (Fsp3) is 0.235. The van der Waals surface area contributed by atoms with E-state index in [1.807, 2.05) is 17.5 Å². The molecule has 0 aliphatic carbocycles. The molecule has 3 aromatic rings. The Bertz CT molecular complexity index is 1080. The minimum atomic E-state index is -3.10. The van der Waals surface area contributed by atoms with Gasteiger partial charge in [-0.1, -0.05) is 6.07 Å². The maximum atomic E-state index is 13.2. The summed E-state index contributed by atoms with van der Waals surface area (Å²) in [7, 11) is -3.10. The molecule has 27 heavy (non-hydrogen) atoms. The van der Waals surface area contributed by atoms with Crippen molar-refractivity contribution in [3.8, 4) is 16.4 Å². The highest BCUT2D eigenvalue weighted by atomic mass is 32.2. The Balaban J connectivity index is 1.67. The predicted molar refractivity (Wildman–Crippen MR) is 99.2 cm³/mol. The summed E-state index contributed by atoms with van der Waals surface area (Å²) in [6.45, 7) is 0. The van der Waals surface area contributed by atoms with Crippen LogP contribution in [0.2, 0.25) is 0 Å². The number of amides is 1. The largest absolute Gasteiger partial charge is 0.345 e. The zero-order valence-electron chi connectivity index (χ0n) is 14.0. The molecule has 0 bridgehead atoms. The molecular formula is C17H15FN4O3S2. The smallest absolute Gasteiger partial charge is 0.291 e. The summed E-state index contributed by atoms with van der Waals surface area (Å²) >= 11 is 1.44. The fourth-order valence-electron chi connectivity index (χ4n) is 2.89. The molecule has 3 heterocycles. The Morgan fingerprint density at radius 3 is 2.67 bits per heavy atom. The highest BCUT2D eigenvalue weighted by Gasteiger charge is 2.30. The van der Waals surface area contributed by atoms with E-state index < -0.39 is 21.8 Å². The third kappa shape index (κ3) is 3.76. The summed E-state index contributed by atoms with van der Waals surface area (Å²) in [6, 6.07) is 8.97. The second kappa shape index (κ2) is 6.86. The normalized spacial score (nSPS) is 18.5. The fourth-order valence-corrected chi connectivity index (χ4v) is 5.27. The Morgan fingerprint density at radius 2 is 2.04 bits per heavy atom. The van der Waals surface area contributed by atoms with Gasteiger partial charge in [0.2, 0.25) is 5.82 Å². The minimum Gasteiger partial charge on any atom is -0.345 e. The summed E-state index contributed by atoms with van der Waals surface area (Å²) in [5, 5.41) is 8.83. The van der Waals surface area contributed by atoms with Crippen molar-refractivity contribution >= 4 is 27.1 Å². The van der Waals surface area contributed by atoms with Gasteiger partial charge in [-0.05, 0) is 42.1 Å². The van der Waals surface area contributed by atoms with Crippen molar-refractivity contribution in [2.45, 2.75) is 12.5 Å². The molecule has 0 spiro atoms. The number of halogens is 1. The maximum absolute atomic E-state index is 13.2. The van der Waals surface area contributed by atoms with Gasteiger partial charge in [-0.15, -0.1) is 16.4 Å². The highest BCUT2D eigenvalue weighted by molar-refractivity contribution is 7.91. The van der Waals surface area contributed by atoms with Crippen LogP contribution >= 0.6 is 11.3 Å². The third-order valence-electron chi connectivity index (χ3n) is 4.19. The van der Waals surface area contributed by atoms with Crippen molar-refractivity contribution in [1.82, 2.24) is 20.1 Å². The molecule has 10 heteroatoms. The van der Waals surface area contributed by atoms with Crippen LogP contribution in [0.15, 0.2) is 41.8 Å². The number of sulfone groups is 1. The predicted octanol–water partition coefficient (Wildman–Crippen LogP) is 2.05. The van der Waals surface area contributed by atoms with Crippen LogP contribution in [0.5, 0.6) is 0 Å². The van der Waals surface area contributed by atoms with E-state index in [4.69, 9.17) is 0 Å². The molecule has 1 aliphatic rings. The van der Waals surface area contributed by atoms with Crippen LogP contribution in [0.3, 0.4) is 0 Å². The SMILES string of the molecule is O=C(NC1CCS(=O)(=O)C1)c1nc(-c2cccs2)n(-c2ccc(F)cc2)n1. The van der Waals surface area contributed by atoms with Gasteiger partial charge in [-0.3, -0.25) is 4.79 Å². The van der Waals surface area contributed by atoms with Crippen LogP contribution in [0, 0.1) is 5.82 Å². The van der Waals surface area contributed by atoms with Crippen molar-refractivity contribution in [1.29, 1.82) is 0 Å². The average molecular weight is 406 g/mol. The van der Waals surface area contributed by atoms with E-state index in [1.54, 1.807) is 12.1 Å². The molecule has 0 radical (unpaired) electrons. The standard InChI is InChI=1S/C17H15FN4O3S2/c18-11-3-5-13(6-4-11)22-16(14-2-1-8-26-14)20-15(21-22)17(23)19-12-7-9-27(24,25)10-12/h1-6,8,12H,7,9-10H2,(H,19,23). The second-order valence-electron chi connectivity index (χ2n) is 6.20. The van der Waals surface area contributed by atoms with Gasteiger partial charge < -0.3 is 5.32 Å². The molecule has 1 amide bonds. The second-order valence-corrected chi connectivity index (χ2v) is 9.37. The highest BCUT2D eigenvalue weighted by Crippen LogP contribution is 2.25. The van der Waals surface area contributed by atoms with Gasteiger partial charge >= 0.3 is 0 Å². The lowest BCUT2D eigenvalue weighted by Crippen LogP contribution is -2.36. The van der Waals surface area contributed by atoms with Gasteiger partial charge in [-0.2, -0.15) is 0 Å². The number of thiophene rings is 1. The van der Waals surface area contributed by atoms with Crippen LogP contribution in [0.1, 0.15) is 17.0 Å². The number of benzene rings is 1. The van der Waals surface area contributed by atoms with Gasteiger partial charge in [0.05, 0.1) is 22.1 Å². The van der Waals surface area contributed by atoms with Gasteiger partial charge in [0.1, 0.15) is 5.82 Å². The molecule has 0 saturated carbocycles. The van der Waals surface area contributed by atoms with Gasteiger partial charge in [0.15, 0.2) is 15.7 Å². The van der Waals surface area contributed by atoms with Crippen LogP contribution in [-0.2, 0) is 9.84 Å². The molecule has 1 fully saturated rings.